The molecule has 0 spiro atoms. The first kappa shape index (κ1) is 14.7. The molecule has 5 heteroatoms. The van der Waals surface area contributed by atoms with Crippen LogP contribution in [0.5, 0.6) is 0 Å². The minimum atomic E-state index is 0.798. The standard InChI is InChI=1S/C13H24N4O/c1-4-8-18-9-6-7-15-13-11(5-2)12(14-3)16-10-17-13/h10H,4-9H2,1-3H3,(H2,14,15,16,17). The van der Waals surface area contributed by atoms with E-state index in [1.54, 1.807) is 6.33 Å². The third-order valence-electron chi connectivity index (χ3n) is 2.64. The van der Waals surface area contributed by atoms with Crippen LogP contribution in [0.2, 0.25) is 0 Å². The fourth-order valence-corrected chi connectivity index (χ4v) is 1.74. The molecule has 1 heterocycles. The predicted molar refractivity (Wildman–Crippen MR) is 75.2 cm³/mol. The molecule has 0 amide bonds. The summed E-state index contributed by atoms with van der Waals surface area (Å²) < 4.78 is 5.44. The van der Waals surface area contributed by atoms with E-state index < -0.39 is 0 Å². The summed E-state index contributed by atoms with van der Waals surface area (Å²) >= 11 is 0. The zero-order chi connectivity index (χ0) is 13.2. The van der Waals surface area contributed by atoms with Gasteiger partial charge in [0.05, 0.1) is 0 Å². The number of rotatable bonds is 9. The quantitative estimate of drug-likeness (QED) is 0.660. The van der Waals surface area contributed by atoms with Gasteiger partial charge in [0.2, 0.25) is 0 Å². The molecule has 5 nitrogen and oxygen atoms in total. The molecular formula is C13H24N4O. The fraction of sp³-hybridized carbons (Fsp3) is 0.692. The van der Waals surface area contributed by atoms with Gasteiger partial charge in [-0.3, -0.25) is 0 Å². The molecule has 18 heavy (non-hydrogen) atoms. The number of nitrogens with one attached hydrogen (secondary N) is 2. The van der Waals surface area contributed by atoms with Crippen molar-refractivity contribution in [2.24, 2.45) is 0 Å². The maximum absolute atomic E-state index is 5.44. The number of anilines is 2. The molecule has 0 saturated carbocycles. The van der Waals surface area contributed by atoms with Gasteiger partial charge in [-0.1, -0.05) is 13.8 Å². The van der Waals surface area contributed by atoms with E-state index in [0.29, 0.717) is 0 Å². The summed E-state index contributed by atoms with van der Waals surface area (Å²) in [5, 5.41) is 6.43. The summed E-state index contributed by atoms with van der Waals surface area (Å²) in [6.45, 7) is 6.74. The van der Waals surface area contributed by atoms with Crippen molar-refractivity contribution in [1.82, 2.24) is 9.97 Å². The van der Waals surface area contributed by atoms with Crippen molar-refractivity contribution in [2.75, 3.05) is 37.4 Å². The normalized spacial score (nSPS) is 10.4. The molecule has 0 aliphatic heterocycles. The van der Waals surface area contributed by atoms with E-state index in [-0.39, 0.29) is 0 Å². The van der Waals surface area contributed by atoms with Crippen LogP contribution >= 0.6 is 0 Å². The Kier molecular flexibility index (Phi) is 7.10. The molecule has 0 atom stereocenters. The van der Waals surface area contributed by atoms with Crippen molar-refractivity contribution in [2.45, 2.75) is 33.1 Å². The van der Waals surface area contributed by atoms with Gasteiger partial charge >= 0.3 is 0 Å². The molecule has 1 rings (SSSR count). The first-order chi connectivity index (χ1) is 8.83. The molecule has 0 aliphatic carbocycles. The highest BCUT2D eigenvalue weighted by Crippen LogP contribution is 2.19. The Bertz CT molecular complexity index is 344. The lowest BCUT2D eigenvalue weighted by molar-refractivity contribution is 0.134. The van der Waals surface area contributed by atoms with Crippen molar-refractivity contribution < 1.29 is 4.74 Å². The van der Waals surface area contributed by atoms with Crippen LogP contribution in [0.4, 0.5) is 11.6 Å². The zero-order valence-corrected chi connectivity index (χ0v) is 11.6. The number of aromatic nitrogens is 2. The lowest BCUT2D eigenvalue weighted by Crippen LogP contribution is -2.11. The Balaban J connectivity index is 2.41. The minimum absolute atomic E-state index is 0.798. The van der Waals surface area contributed by atoms with Crippen LogP contribution in [0.25, 0.3) is 0 Å². The lowest BCUT2D eigenvalue weighted by Gasteiger charge is -2.12. The molecule has 0 aromatic carbocycles. The van der Waals surface area contributed by atoms with Gasteiger partial charge in [-0.2, -0.15) is 0 Å². The molecule has 0 radical (unpaired) electrons. The fourth-order valence-electron chi connectivity index (χ4n) is 1.74. The van der Waals surface area contributed by atoms with Gasteiger partial charge in [0.15, 0.2) is 0 Å². The number of nitrogens with zero attached hydrogens (tertiary/aromatic N) is 2. The Morgan fingerprint density at radius 1 is 1.17 bits per heavy atom. The van der Waals surface area contributed by atoms with E-state index in [9.17, 15) is 0 Å². The number of hydrogen-bond donors (Lipinski definition) is 2. The van der Waals surface area contributed by atoms with E-state index in [1.807, 2.05) is 7.05 Å². The van der Waals surface area contributed by atoms with Gasteiger partial charge in [0.25, 0.3) is 0 Å². The van der Waals surface area contributed by atoms with Gasteiger partial charge < -0.3 is 15.4 Å². The van der Waals surface area contributed by atoms with E-state index in [0.717, 1.165) is 56.2 Å². The Hall–Kier alpha value is -1.36. The van der Waals surface area contributed by atoms with Crippen molar-refractivity contribution in [1.29, 1.82) is 0 Å². The van der Waals surface area contributed by atoms with Crippen LogP contribution in [-0.2, 0) is 11.2 Å². The van der Waals surface area contributed by atoms with Gasteiger partial charge in [-0.15, -0.1) is 0 Å². The van der Waals surface area contributed by atoms with Crippen molar-refractivity contribution >= 4 is 11.6 Å². The van der Waals surface area contributed by atoms with Crippen LogP contribution in [0.15, 0.2) is 6.33 Å². The number of hydrogen-bond acceptors (Lipinski definition) is 5. The summed E-state index contributed by atoms with van der Waals surface area (Å²) in [5.74, 6) is 1.82. The second-order valence-electron chi connectivity index (χ2n) is 4.05. The molecule has 0 bridgehead atoms. The van der Waals surface area contributed by atoms with Crippen LogP contribution in [-0.4, -0.2) is 36.8 Å². The molecule has 1 aromatic rings. The van der Waals surface area contributed by atoms with Crippen molar-refractivity contribution in [3.8, 4) is 0 Å². The van der Waals surface area contributed by atoms with Crippen LogP contribution < -0.4 is 10.6 Å². The zero-order valence-electron chi connectivity index (χ0n) is 11.6. The largest absolute Gasteiger partial charge is 0.381 e. The summed E-state index contributed by atoms with van der Waals surface area (Å²) in [6.07, 6.45) is 4.56. The van der Waals surface area contributed by atoms with Crippen LogP contribution in [0, 0.1) is 0 Å². The maximum Gasteiger partial charge on any atom is 0.134 e. The Morgan fingerprint density at radius 2 is 1.94 bits per heavy atom. The third kappa shape index (κ3) is 4.49. The third-order valence-corrected chi connectivity index (χ3v) is 2.64. The minimum Gasteiger partial charge on any atom is -0.381 e. The summed E-state index contributed by atoms with van der Waals surface area (Å²) in [5.41, 5.74) is 1.13. The van der Waals surface area contributed by atoms with Gasteiger partial charge in [-0.25, -0.2) is 9.97 Å². The summed E-state index contributed by atoms with van der Waals surface area (Å²) in [6, 6.07) is 0. The van der Waals surface area contributed by atoms with E-state index in [1.165, 1.54) is 0 Å². The topological polar surface area (TPSA) is 59.1 Å². The van der Waals surface area contributed by atoms with E-state index in [2.05, 4.69) is 34.4 Å². The summed E-state index contributed by atoms with van der Waals surface area (Å²) in [7, 11) is 1.88. The van der Waals surface area contributed by atoms with E-state index >= 15 is 0 Å². The second-order valence-corrected chi connectivity index (χ2v) is 4.05. The number of ether oxygens (including phenoxy) is 1. The first-order valence-electron chi connectivity index (χ1n) is 6.66. The highest BCUT2D eigenvalue weighted by Gasteiger charge is 2.07. The van der Waals surface area contributed by atoms with E-state index in [4.69, 9.17) is 4.74 Å². The first-order valence-corrected chi connectivity index (χ1v) is 6.66. The van der Waals surface area contributed by atoms with Crippen molar-refractivity contribution in [3.05, 3.63) is 11.9 Å². The molecule has 0 aliphatic rings. The SMILES string of the molecule is CCCOCCCNc1ncnc(NC)c1CC. The predicted octanol–water partition coefficient (Wildman–Crippen LogP) is 2.31. The molecule has 0 unspecified atom stereocenters. The van der Waals surface area contributed by atoms with Gasteiger partial charge in [0.1, 0.15) is 18.0 Å². The highest BCUT2D eigenvalue weighted by atomic mass is 16.5. The molecule has 0 fully saturated rings. The highest BCUT2D eigenvalue weighted by molar-refractivity contribution is 5.56. The Morgan fingerprint density at radius 3 is 2.61 bits per heavy atom. The van der Waals surface area contributed by atoms with Gasteiger partial charge in [-0.05, 0) is 19.3 Å². The molecular weight excluding hydrogens is 228 g/mol. The molecule has 102 valence electrons. The monoisotopic (exact) mass is 252 g/mol. The van der Waals surface area contributed by atoms with Crippen molar-refractivity contribution in [3.63, 3.8) is 0 Å². The second kappa shape index (κ2) is 8.69. The lowest BCUT2D eigenvalue weighted by atomic mass is 10.2. The molecule has 2 N–H and O–H groups in total. The molecule has 0 saturated heterocycles. The maximum atomic E-state index is 5.44. The summed E-state index contributed by atoms with van der Waals surface area (Å²) in [4.78, 5) is 8.50. The van der Waals surface area contributed by atoms with Crippen LogP contribution in [0.1, 0.15) is 32.3 Å². The molecule has 1 aromatic heterocycles. The van der Waals surface area contributed by atoms with Gasteiger partial charge in [0, 0.05) is 32.4 Å². The average molecular weight is 252 g/mol. The smallest absolute Gasteiger partial charge is 0.134 e. The average Bonchev–Trinajstić information content (AvgIpc) is 2.42. The van der Waals surface area contributed by atoms with Crippen LogP contribution in [0.3, 0.4) is 0 Å². The Labute approximate surface area is 109 Å².